The molecule has 1 aromatic heterocycles. The van der Waals surface area contributed by atoms with Gasteiger partial charge < -0.3 is 14.9 Å². The van der Waals surface area contributed by atoms with E-state index in [4.69, 9.17) is 0 Å². The third kappa shape index (κ3) is 3.29. The molecule has 1 saturated heterocycles. The summed E-state index contributed by atoms with van der Waals surface area (Å²) >= 11 is 0. The van der Waals surface area contributed by atoms with Crippen LogP contribution in [0.4, 0.5) is 5.82 Å². The van der Waals surface area contributed by atoms with Gasteiger partial charge in [-0.05, 0) is 18.1 Å². The van der Waals surface area contributed by atoms with Crippen molar-refractivity contribution in [3.63, 3.8) is 0 Å². The Morgan fingerprint density at radius 1 is 1.26 bits per heavy atom. The van der Waals surface area contributed by atoms with Crippen molar-refractivity contribution < 1.29 is 9.90 Å². The van der Waals surface area contributed by atoms with Crippen molar-refractivity contribution in [1.82, 2.24) is 9.88 Å². The van der Waals surface area contributed by atoms with Crippen molar-refractivity contribution in [2.75, 3.05) is 31.1 Å². The maximum Gasteiger partial charge on any atom is 0.242 e. The summed E-state index contributed by atoms with van der Waals surface area (Å²) in [5.74, 6) is 1.32. The van der Waals surface area contributed by atoms with E-state index in [0.29, 0.717) is 19.0 Å². The third-order valence-electron chi connectivity index (χ3n) is 4.15. The van der Waals surface area contributed by atoms with Crippen LogP contribution in [0.25, 0.3) is 10.9 Å². The van der Waals surface area contributed by atoms with Gasteiger partial charge in [-0.25, -0.2) is 4.98 Å². The van der Waals surface area contributed by atoms with Crippen molar-refractivity contribution in [1.29, 1.82) is 0 Å². The molecule has 0 aliphatic carbocycles. The van der Waals surface area contributed by atoms with Crippen LogP contribution in [0.15, 0.2) is 30.3 Å². The Morgan fingerprint density at radius 2 is 2.04 bits per heavy atom. The van der Waals surface area contributed by atoms with E-state index >= 15 is 0 Å². The molecule has 0 unspecified atom stereocenters. The summed E-state index contributed by atoms with van der Waals surface area (Å²) in [7, 11) is 0. The molecule has 1 aromatic carbocycles. The SMILES string of the molecule is CC(C)CN1CCN(c2nc3ccccc3cc2CO)CC1=O. The van der Waals surface area contributed by atoms with E-state index in [9.17, 15) is 9.90 Å². The van der Waals surface area contributed by atoms with E-state index < -0.39 is 0 Å². The number of hydrogen-bond donors (Lipinski definition) is 1. The highest BCUT2D eigenvalue weighted by Crippen LogP contribution is 2.25. The highest BCUT2D eigenvalue weighted by molar-refractivity contribution is 5.85. The molecule has 0 saturated carbocycles. The predicted molar refractivity (Wildman–Crippen MR) is 91.3 cm³/mol. The summed E-state index contributed by atoms with van der Waals surface area (Å²) in [5.41, 5.74) is 1.66. The van der Waals surface area contributed by atoms with Crippen molar-refractivity contribution in [2.24, 2.45) is 5.92 Å². The fourth-order valence-corrected chi connectivity index (χ4v) is 3.06. The molecule has 5 nitrogen and oxygen atoms in total. The maximum absolute atomic E-state index is 12.4. The van der Waals surface area contributed by atoms with Crippen LogP contribution in [-0.4, -0.2) is 47.1 Å². The van der Waals surface area contributed by atoms with Crippen LogP contribution < -0.4 is 4.90 Å². The average molecular weight is 313 g/mol. The van der Waals surface area contributed by atoms with E-state index in [0.717, 1.165) is 35.4 Å². The zero-order valence-electron chi connectivity index (χ0n) is 13.7. The summed E-state index contributed by atoms with van der Waals surface area (Å²) < 4.78 is 0. The number of aliphatic hydroxyl groups is 1. The number of piperazine rings is 1. The Morgan fingerprint density at radius 3 is 2.74 bits per heavy atom. The van der Waals surface area contributed by atoms with Crippen LogP contribution in [0.1, 0.15) is 19.4 Å². The molecule has 0 spiro atoms. The molecule has 1 fully saturated rings. The summed E-state index contributed by atoms with van der Waals surface area (Å²) in [4.78, 5) is 21.0. The topological polar surface area (TPSA) is 56.7 Å². The lowest BCUT2D eigenvalue weighted by Gasteiger charge is -2.36. The normalized spacial score (nSPS) is 15.7. The molecule has 5 heteroatoms. The second-order valence-electron chi connectivity index (χ2n) is 6.48. The molecule has 0 atom stereocenters. The molecule has 0 radical (unpaired) electrons. The number of carbonyl (C=O) groups is 1. The minimum absolute atomic E-state index is 0.0758. The van der Waals surface area contributed by atoms with Gasteiger partial charge >= 0.3 is 0 Å². The van der Waals surface area contributed by atoms with E-state index in [2.05, 4.69) is 18.8 Å². The highest BCUT2D eigenvalue weighted by Gasteiger charge is 2.26. The van der Waals surface area contributed by atoms with E-state index in [1.807, 2.05) is 40.1 Å². The molecular formula is C18H23N3O2. The minimum Gasteiger partial charge on any atom is -0.392 e. The molecule has 1 aliphatic heterocycles. The first-order valence-electron chi connectivity index (χ1n) is 8.10. The van der Waals surface area contributed by atoms with Crippen LogP contribution in [0.5, 0.6) is 0 Å². The van der Waals surface area contributed by atoms with E-state index in [-0.39, 0.29) is 12.5 Å². The van der Waals surface area contributed by atoms with Gasteiger partial charge in [0.15, 0.2) is 0 Å². The first-order valence-corrected chi connectivity index (χ1v) is 8.10. The van der Waals surface area contributed by atoms with Gasteiger partial charge in [-0.1, -0.05) is 32.0 Å². The number of benzene rings is 1. The van der Waals surface area contributed by atoms with Crippen LogP contribution in [0.3, 0.4) is 0 Å². The van der Waals surface area contributed by atoms with Crippen molar-refractivity contribution in [3.8, 4) is 0 Å². The molecule has 1 aliphatic rings. The predicted octanol–water partition coefficient (Wildman–Crippen LogP) is 2.03. The Labute approximate surface area is 136 Å². The molecule has 2 heterocycles. The smallest absolute Gasteiger partial charge is 0.242 e. The lowest BCUT2D eigenvalue weighted by atomic mass is 10.1. The number of fused-ring (bicyclic) bond motifs is 1. The average Bonchev–Trinajstić information content (AvgIpc) is 2.55. The molecule has 3 rings (SSSR count). The molecule has 2 aromatic rings. The van der Waals surface area contributed by atoms with Crippen molar-refractivity contribution in [2.45, 2.75) is 20.5 Å². The van der Waals surface area contributed by atoms with Gasteiger partial charge in [0, 0.05) is 30.6 Å². The van der Waals surface area contributed by atoms with Crippen LogP contribution in [0, 0.1) is 5.92 Å². The first-order chi connectivity index (χ1) is 11.1. The summed E-state index contributed by atoms with van der Waals surface area (Å²) in [5, 5.41) is 10.7. The van der Waals surface area contributed by atoms with Gasteiger partial charge in [-0.3, -0.25) is 4.79 Å². The fraction of sp³-hybridized carbons (Fsp3) is 0.444. The maximum atomic E-state index is 12.4. The van der Waals surface area contributed by atoms with Crippen molar-refractivity contribution in [3.05, 3.63) is 35.9 Å². The number of aromatic nitrogens is 1. The monoisotopic (exact) mass is 313 g/mol. The molecule has 1 N–H and O–H groups in total. The number of hydrogen-bond acceptors (Lipinski definition) is 4. The van der Waals surface area contributed by atoms with Crippen LogP contribution in [-0.2, 0) is 11.4 Å². The number of rotatable bonds is 4. The zero-order valence-corrected chi connectivity index (χ0v) is 13.7. The summed E-state index contributed by atoms with van der Waals surface area (Å²) in [6.45, 7) is 6.74. The van der Waals surface area contributed by atoms with Crippen LogP contribution in [0.2, 0.25) is 0 Å². The summed E-state index contributed by atoms with van der Waals surface area (Å²) in [6, 6.07) is 9.80. The number of anilines is 1. The lowest BCUT2D eigenvalue weighted by Crippen LogP contribution is -2.51. The Hall–Kier alpha value is -2.14. The van der Waals surface area contributed by atoms with Gasteiger partial charge in [-0.15, -0.1) is 0 Å². The highest BCUT2D eigenvalue weighted by atomic mass is 16.3. The minimum atomic E-state index is -0.0758. The summed E-state index contributed by atoms with van der Waals surface area (Å²) in [6.07, 6.45) is 0. The fourth-order valence-electron chi connectivity index (χ4n) is 3.06. The Kier molecular flexibility index (Phi) is 4.48. The standard InChI is InChI=1S/C18H23N3O2/c1-13(2)10-20-7-8-21(11-17(20)23)18-15(12-22)9-14-5-3-4-6-16(14)19-18/h3-6,9,13,22H,7-8,10-12H2,1-2H3. The quantitative estimate of drug-likeness (QED) is 0.938. The van der Waals surface area contributed by atoms with Gasteiger partial charge in [0.25, 0.3) is 0 Å². The molecule has 23 heavy (non-hydrogen) atoms. The van der Waals surface area contributed by atoms with E-state index in [1.165, 1.54) is 0 Å². The number of nitrogens with zero attached hydrogens (tertiary/aromatic N) is 3. The van der Waals surface area contributed by atoms with Gasteiger partial charge in [0.2, 0.25) is 5.91 Å². The molecule has 1 amide bonds. The van der Waals surface area contributed by atoms with Gasteiger partial charge in [0.05, 0.1) is 18.7 Å². The lowest BCUT2D eigenvalue weighted by molar-refractivity contribution is -0.131. The van der Waals surface area contributed by atoms with E-state index in [1.54, 1.807) is 0 Å². The van der Waals surface area contributed by atoms with Crippen molar-refractivity contribution >= 4 is 22.6 Å². The Balaban J connectivity index is 1.87. The van der Waals surface area contributed by atoms with Crippen LogP contribution >= 0.6 is 0 Å². The zero-order chi connectivity index (χ0) is 16.4. The molecule has 122 valence electrons. The van der Waals surface area contributed by atoms with Gasteiger partial charge in [0.1, 0.15) is 5.82 Å². The number of carbonyl (C=O) groups excluding carboxylic acids is 1. The number of amides is 1. The number of pyridine rings is 1. The Bertz CT molecular complexity index is 714. The second-order valence-corrected chi connectivity index (χ2v) is 6.48. The third-order valence-corrected chi connectivity index (χ3v) is 4.15. The molecule has 0 bridgehead atoms. The second kappa shape index (κ2) is 6.54. The largest absolute Gasteiger partial charge is 0.392 e. The molecular weight excluding hydrogens is 290 g/mol. The van der Waals surface area contributed by atoms with Gasteiger partial charge in [-0.2, -0.15) is 0 Å². The number of para-hydroxylation sites is 1. The first kappa shape index (κ1) is 15.7. The number of aliphatic hydroxyl groups excluding tert-OH is 1.